The van der Waals surface area contributed by atoms with E-state index in [9.17, 15) is 14.4 Å². The molecular weight excluding hydrogens is 272 g/mol. The largest absolute Gasteiger partial charge is 0.481 e. The fourth-order valence-corrected chi connectivity index (χ4v) is 2.67. The SMILES string of the molecule is O=C(O)[C@@H]1C[C@H]1C(=O)Nc1cccc(N2CCCC2=O)c1. The van der Waals surface area contributed by atoms with Crippen molar-refractivity contribution in [2.45, 2.75) is 19.3 Å². The standard InChI is InChI=1S/C15H16N2O4/c18-13-5-2-6-17(13)10-4-1-3-9(7-10)16-14(19)11-8-12(11)15(20)21/h1,3-4,7,11-12H,2,5-6,8H2,(H,16,19)(H,20,21)/t11-,12-/m1/s1. The lowest BCUT2D eigenvalue weighted by Crippen LogP contribution is -2.24. The van der Waals surface area contributed by atoms with Gasteiger partial charge in [0.1, 0.15) is 0 Å². The van der Waals surface area contributed by atoms with Gasteiger partial charge in [-0.2, -0.15) is 0 Å². The molecule has 2 atom stereocenters. The molecule has 1 saturated carbocycles. The normalized spacial score (nSPS) is 24.0. The summed E-state index contributed by atoms with van der Waals surface area (Å²) in [6, 6.07) is 7.09. The van der Waals surface area contributed by atoms with E-state index in [1.807, 2.05) is 6.07 Å². The zero-order valence-electron chi connectivity index (χ0n) is 11.4. The second kappa shape index (κ2) is 5.20. The van der Waals surface area contributed by atoms with Crippen molar-refractivity contribution in [3.63, 3.8) is 0 Å². The Labute approximate surface area is 121 Å². The van der Waals surface area contributed by atoms with Gasteiger partial charge in [-0.15, -0.1) is 0 Å². The van der Waals surface area contributed by atoms with Crippen molar-refractivity contribution < 1.29 is 19.5 Å². The van der Waals surface area contributed by atoms with Crippen LogP contribution in [0.1, 0.15) is 19.3 Å². The zero-order valence-corrected chi connectivity index (χ0v) is 11.4. The van der Waals surface area contributed by atoms with Gasteiger partial charge in [0.2, 0.25) is 11.8 Å². The molecule has 1 saturated heterocycles. The first kappa shape index (κ1) is 13.6. The van der Waals surface area contributed by atoms with Crippen LogP contribution in [-0.2, 0) is 14.4 Å². The minimum absolute atomic E-state index is 0.0895. The molecule has 21 heavy (non-hydrogen) atoms. The molecule has 2 N–H and O–H groups in total. The van der Waals surface area contributed by atoms with Crippen molar-refractivity contribution in [1.29, 1.82) is 0 Å². The fraction of sp³-hybridized carbons (Fsp3) is 0.400. The number of aliphatic carboxylic acids is 1. The summed E-state index contributed by atoms with van der Waals surface area (Å²) in [5.74, 6) is -2.11. The summed E-state index contributed by atoms with van der Waals surface area (Å²) in [5, 5.41) is 11.6. The van der Waals surface area contributed by atoms with Gasteiger partial charge < -0.3 is 15.3 Å². The molecule has 6 heteroatoms. The van der Waals surface area contributed by atoms with Crippen molar-refractivity contribution in [3.8, 4) is 0 Å². The summed E-state index contributed by atoms with van der Waals surface area (Å²) in [6.45, 7) is 0.694. The lowest BCUT2D eigenvalue weighted by atomic mass is 10.2. The Morgan fingerprint density at radius 1 is 1.29 bits per heavy atom. The lowest BCUT2D eigenvalue weighted by molar-refractivity contribution is -0.139. The van der Waals surface area contributed by atoms with Gasteiger partial charge in [0, 0.05) is 24.3 Å². The average molecular weight is 288 g/mol. The second-order valence-electron chi connectivity index (χ2n) is 5.48. The molecule has 2 aliphatic rings. The van der Waals surface area contributed by atoms with Crippen LogP contribution in [0.25, 0.3) is 0 Å². The number of carbonyl (C=O) groups is 3. The van der Waals surface area contributed by atoms with Gasteiger partial charge in [-0.25, -0.2) is 0 Å². The molecule has 2 amide bonds. The van der Waals surface area contributed by atoms with E-state index in [0.717, 1.165) is 12.1 Å². The number of hydrogen-bond donors (Lipinski definition) is 2. The molecule has 0 bridgehead atoms. The minimum Gasteiger partial charge on any atom is -0.481 e. The van der Waals surface area contributed by atoms with Crippen molar-refractivity contribution in [2.75, 3.05) is 16.8 Å². The van der Waals surface area contributed by atoms with Gasteiger partial charge >= 0.3 is 5.97 Å². The number of carbonyl (C=O) groups excluding carboxylic acids is 2. The van der Waals surface area contributed by atoms with E-state index >= 15 is 0 Å². The number of carboxylic acid groups (broad SMARTS) is 1. The third-order valence-corrected chi connectivity index (χ3v) is 3.94. The molecule has 0 aromatic heterocycles. The second-order valence-corrected chi connectivity index (χ2v) is 5.48. The zero-order chi connectivity index (χ0) is 15.0. The van der Waals surface area contributed by atoms with Gasteiger partial charge in [-0.3, -0.25) is 14.4 Å². The first-order valence-corrected chi connectivity index (χ1v) is 7.00. The quantitative estimate of drug-likeness (QED) is 0.878. The highest BCUT2D eigenvalue weighted by atomic mass is 16.4. The Morgan fingerprint density at radius 3 is 2.71 bits per heavy atom. The number of rotatable bonds is 4. The molecule has 1 heterocycles. The highest BCUT2D eigenvalue weighted by Crippen LogP contribution is 2.39. The molecule has 6 nitrogen and oxygen atoms in total. The molecule has 0 spiro atoms. The minimum atomic E-state index is -0.924. The first-order valence-electron chi connectivity index (χ1n) is 7.00. The van der Waals surface area contributed by atoms with E-state index in [-0.39, 0.29) is 11.8 Å². The monoisotopic (exact) mass is 288 g/mol. The Kier molecular flexibility index (Phi) is 3.37. The number of carboxylic acids is 1. The van der Waals surface area contributed by atoms with Crippen LogP contribution in [-0.4, -0.2) is 29.4 Å². The highest BCUT2D eigenvalue weighted by molar-refractivity contribution is 5.99. The highest BCUT2D eigenvalue weighted by Gasteiger charge is 2.48. The third kappa shape index (κ3) is 2.74. The van der Waals surface area contributed by atoms with E-state index in [1.165, 1.54) is 0 Å². The van der Waals surface area contributed by atoms with Crippen LogP contribution in [0.2, 0.25) is 0 Å². The van der Waals surface area contributed by atoms with Crippen molar-refractivity contribution in [3.05, 3.63) is 24.3 Å². The van der Waals surface area contributed by atoms with Crippen LogP contribution in [0.15, 0.2) is 24.3 Å². The summed E-state index contributed by atoms with van der Waals surface area (Å²) in [7, 11) is 0. The molecule has 1 aromatic rings. The summed E-state index contributed by atoms with van der Waals surface area (Å²) >= 11 is 0. The maximum absolute atomic E-state index is 11.9. The summed E-state index contributed by atoms with van der Waals surface area (Å²) < 4.78 is 0. The van der Waals surface area contributed by atoms with Crippen LogP contribution in [0, 0.1) is 11.8 Å². The number of nitrogens with zero attached hydrogens (tertiary/aromatic N) is 1. The number of amides is 2. The Morgan fingerprint density at radius 2 is 2.10 bits per heavy atom. The molecular formula is C15H16N2O4. The Balaban J connectivity index is 1.68. The number of anilines is 2. The van der Waals surface area contributed by atoms with E-state index in [1.54, 1.807) is 23.1 Å². The third-order valence-electron chi connectivity index (χ3n) is 3.94. The number of hydrogen-bond acceptors (Lipinski definition) is 3. The molecule has 1 aliphatic heterocycles. The van der Waals surface area contributed by atoms with Crippen molar-refractivity contribution in [2.24, 2.45) is 11.8 Å². The van der Waals surface area contributed by atoms with Crippen molar-refractivity contribution in [1.82, 2.24) is 0 Å². The van der Waals surface area contributed by atoms with Gasteiger partial charge in [-0.05, 0) is 31.0 Å². The van der Waals surface area contributed by atoms with Crippen LogP contribution in [0.4, 0.5) is 11.4 Å². The van der Waals surface area contributed by atoms with Crippen LogP contribution >= 0.6 is 0 Å². The smallest absolute Gasteiger partial charge is 0.307 e. The van der Waals surface area contributed by atoms with E-state index < -0.39 is 17.8 Å². The number of nitrogens with one attached hydrogen (secondary N) is 1. The molecule has 1 aliphatic carbocycles. The Bertz CT molecular complexity index is 613. The molecule has 3 rings (SSSR count). The van der Waals surface area contributed by atoms with Gasteiger partial charge in [0.15, 0.2) is 0 Å². The van der Waals surface area contributed by atoms with Crippen LogP contribution in [0.5, 0.6) is 0 Å². The molecule has 110 valence electrons. The average Bonchev–Trinajstić information content (AvgIpc) is 3.15. The maximum atomic E-state index is 11.9. The topological polar surface area (TPSA) is 86.7 Å². The first-order chi connectivity index (χ1) is 10.1. The summed E-state index contributed by atoms with van der Waals surface area (Å²) in [6.07, 6.45) is 1.79. The maximum Gasteiger partial charge on any atom is 0.307 e. The molecule has 0 unspecified atom stereocenters. The predicted molar refractivity (Wildman–Crippen MR) is 75.9 cm³/mol. The summed E-state index contributed by atoms with van der Waals surface area (Å²) in [5.41, 5.74) is 1.36. The van der Waals surface area contributed by atoms with Gasteiger partial charge in [-0.1, -0.05) is 6.07 Å². The predicted octanol–water partition coefficient (Wildman–Crippen LogP) is 1.47. The number of benzene rings is 1. The van der Waals surface area contributed by atoms with E-state index in [0.29, 0.717) is 25.1 Å². The van der Waals surface area contributed by atoms with E-state index in [4.69, 9.17) is 5.11 Å². The molecule has 0 radical (unpaired) electrons. The summed E-state index contributed by atoms with van der Waals surface area (Å²) in [4.78, 5) is 36.1. The fourth-order valence-electron chi connectivity index (χ4n) is 2.67. The van der Waals surface area contributed by atoms with Crippen LogP contribution in [0.3, 0.4) is 0 Å². The Hall–Kier alpha value is -2.37. The molecule has 1 aromatic carbocycles. The van der Waals surface area contributed by atoms with E-state index in [2.05, 4.69) is 5.32 Å². The van der Waals surface area contributed by atoms with Crippen LogP contribution < -0.4 is 10.2 Å². The van der Waals surface area contributed by atoms with Gasteiger partial charge in [0.25, 0.3) is 0 Å². The molecule has 2 fully saturated rings. The van der Waals surface area contributed by atoms with Crippen molar-refractivity contribution >= 4 is 29.2 Å². The van der Waals surface area contributed by atoms with Gasteiger partial charge in [0.05, 0.1) is 11.8 Å². The lowest BCUT2D eigenvalue weighted by Gasteiger charge is -2.16.